The average molecular weight is 285 g/mol. The summed E-state index contributed by atoms with van der Waals surface area (Å²) in [6, 6.07) is 0. The van der Waals surface area contributed by atoms with Gasteiger partial charge >= 0.3 is 0 Å². The lowest BCUT2D eigenvalue weighted by Crippen LogP contribution is -2.10. The second-order valence-electron chi connectivity index (χ2n) is 4.58. The Bertz CT molecular complexity index is 481. The second-order valence-corrected chi connectivity index (χ2v) is 4.96. The molecule has 0 radical (unpaired) electrons. The van der Waals surface area contributed by atoms with Gasteiger partial charge in [-0.15, -0.1) is 11.6 Å². The van der Waals surface area contributed by atoms with Gasteiger partial charge in [-0.2, -0.15) is 0 Å². The van der Waals surface area contributed by atoms with E-state index in [2.05, 4.69) is 0 Å². The molecule has 0 saturated heterocycles. The van der Waals surface area contributed by atoms with E-state index < -0.39 is 0 Å². The third-order valence-electron chi connectivity index (χ3n) is 3.47. The van der Waals surface area contributed by atoms with Gasteiger partial charge in [0.25, 0.3) is 0 Å². The third kappa shape index (κ3) is 3.10. The molecule has 0 aliphatic carbocycles. The number of phenolic OH excluding ortho intramolecular Hbond substituents is 1. The van der Waals surface area contributed by atoms with Crippen LogP contribution in [0.3, 0.4) is 0 Å². The molecule has 0 spiro atoms. The zero-order valence-electron chi connectivity index (χ0n) is 12.0. The molecule has 3 nitrogen and oxygen atoms in total. The lowest BCUT2D eigenvalue weighted by atomic mass is 9.88. The van der Waals surface area contributed by atoms with Gasteiger partial charge in [0.2, 0.25) is 0 Å². The zero-order chi connectivity index (χ0) is 14.6. The molecule has 1 aromatic rings. The quantitative estimate of drug-likeness (QED) is 0.642. The highest BCUT2D eigenvalue weighted by atomic mass is 35.5. The van der Waals surface area contributed by atoms with E-state index in [0.29, 0.717) is 36.5 Å². The first kappa shape index (κ1) is 16.0. The molecule has 0 fully saturated rings. The van der Waals surface area contributed by atoms with Gasteiger partial charge in [-0.1, -0.05) is 6.92 Å². The lowest BCUT2D eigenvalue weighted by Gasteiger charge is -2.19. The minimum absolute atomic E-state index is 0.0436. The molecule has 0 bridgehead atoms. The summed E-state index contributed by atoms with van der Waals surface area (Å²) in [6.07, 6.45) is 1.04. The van der Waals surface area contributed by atoms with Crippen molar-refractivity contribution in [1.29, 1.82) is 0 Å². The van der Waals surface area contributed by atoms with Crippen molar-refractivity contribution < 1.29 is 14.6 Å². The van der Waals surface area contributed by atoms with Crippen LogP contribution in [0.25, 0.3) is 0 Å². The SMILES string of the molecule is CCC(=O)c1c(C)c(CCCl)c(COC)c(C)c1O. The van der Waals surface area contributed by atoms with Gasteiger partial charge < -0.3 is 9.84 Å². The fourth-order valence-corrected chi connectivity index (χ4v) is 2.59. The summed E-state index contributed by atoms with van der Waals surface area (Å²) >= 11 is 5.85. The number of carbonyl (C=O) groups is 1. The van der Waals surface area contributed by atoms with E-state index in [0.717, 1.165) is 16.7 Å². The van der Waals surface area contributed by atoms with Crippen molar-refractivity contribution in [2.24, 2.45) is 0 Å². The highest BCUT2D eigenvalue weighted by Gasteiger charge is 2.22. The summed E-state index contributed by atoms with van der Waals surface area (Å²) in [4.78, 5) is 12.0. The first-order valence-electron chi connectivity index (χ1n) is 6.41. The molecular formula is C15H21ClO3. The Hall–Kier alpha value is -1.06. The number of ketones is 1. The zero-order valence-corrected chi connectivity index (χ0v) is 12.7. The van der Waals surface area contributed by atoms with Crippen molar-refractivity contribution in [2.45, 2.75) is 40.2 Å². The smallest absolute Gasteiger partial charge is 0.166 e. The summed E-state index contributed by atoms with van der Waals surface area (Å²) < 4.78 is 5.19. The van der Waals surface area contributed by atoms with Crippen LogP contribution >= 0.6 is 11.6 Å². The molecule has 1 rings (SSSR count). The van der Waals surface area contributed by atoms with Crippen molar-refractivity contribution in [3.63, 3.8) is 0 Å². The normalized spacial score (nSPS) is 10.8. The van der Waals surface area contributed by atoms with E-state index in [1.54, 1.807) is 14.0 Å². The number of benzene rings is 1. The third-order valence-corrected chi connectivity index (χ3v) is 3.66. The second kappa shape index (κ2) is 6.92. The number of hydrogen-bond acceptors (Lipinski definition) is 3. The van der Waals surface area contributed by atoms with E-state index in [9.17, 15) is 9.90 Å². The fourth-order valence-electron chi connectivity index (χ4n) is 2.40. The number of Topliss-reactive ketones (excluding diaryl/α,β-unsaturated/α-hetero) is 1. The number of halogens is 1. The number of rotatable bonds is 6. The van der Waals surface area contributed by atoms with Crippen molar-refractivity contribution in [3.8, 4) is 5.75 Å². The summed E-state index contributed by atoms with van der Waals surface area (Å²) in [5, 5.41) is 10.3. The van der Waals surface area contributed by atoms with Gasteiger partial charge in [0, 0.05) is 19.4 Å². The number of ether oxygens (including phenoxy) is 1. The monoisotopic (exact) mass is 284 g/mol. The van der Waals surface area contributed by atoms with Gasteiger partial charge in [-0.05, 0) is 42.5 Å². The van der Waals surface area contributed by atoms with Gasteiger partial charge in [-0.3, -0.25) is 4.79 Å². The van der Waals surface area contributed by atoms with E-state index in [1.165, 1.54) is 0 Å². The Kier molecular flexibility index (Phi) is 5.83. The first-order chi connectivity index (χ1) is 8.99. The maximum absolute atomic E-state index is 12.0. The van der Waals surface area contributed by atoms with Gasteiger partial charge in [0.15, 0.2) is 5.78 Å². The molecule has 0 heterocycles. The molecular weight excluding hydrogens is 264 g/mol. The Labute approximate surface area is 119 Å². The van der Waals surface area contributed by atoms with Crippen LogP contribution in [0.4, 0.5) is 0 Å². The minimum Gasteiger partial charge on any atom is -0.507 e. The van der Waals surface area contributed by atoms with Crippen LogP contribution in [0, 0.1) is 13.8 Å². The van der Waals surface area contributed by atoms with E-state index in [-0.39, 0.29) is 11.5 Å². The summed E-state index contributed by atoms with van der Waals surface area (Å²) in [5.41, 5.74) is 3.92. The van der Waals surface area contributed by atoms with Crippen molar-refractivity contribution in [1.82, 2.24) is 0 Å². The standard InChI is InChI=1S/C15H21ClO3/c1-5-13(17)14-9(2)11(6-7-16)12(8-19-4)10(3)15(14)18/h18H,5-8H2,1-4H3. The summed E-state index contributed by atoms with van der Waals surface area (Å²) in [6.45, 7) is 5.88. The Balaban J connectivity index is 3.57. The summed E-state index contributed by atoms with van der Waals surface area (Å²) in [5.74, 6) is 0.509. The molecule has 1 aromatic carbocycles. The van der Waals surface area contributed by atoms with Crippen LogP contribution in [0.15, 0.2) is 0 Å². The van der Waals surface area contributed by atoms with Crippen molar-refractivity contribution in [2.75, 3.05) is 13.0 Å². The number of aromatic hydroxyl groups is 1. The largest absolute Gasteiger partial charge is 0.507 e. The van der Waals surface area contributed by atoms with E-state index >= 15 is 0 Å². The highest BCUT2D eigenvalue weighted by molar-refractivity contribution is 6.18. The number of methoxy groups -OCH3 is 1. The van der Waals surface area contributed by atoms with Gasteiger partial charge in [-0.25, -0.2) is 0 Å². The highest BCUT2D eigenvalue weighted by Crippen LogP contribution is 2.34. The molecule has 0 atom stereocenters. The number of hydrogen-bond donors (Lipinski definition) is 1. The first-order valence-corrected chi connectivity index (χ1v) is 6.94. The van der Waals surface area contributed by atoms with E-state index in [4.69, 9.17) is 16.3 Å². The van der Waals surface area contributed by atoms with Crippen molar-refractivity contribution in [3.05, 3.63) is 27.8 Å². The molecule has 0 unspecified atom stereocenters. The summed E-state index contributed by atoms with van der Waals surface area (Å²) in [7, 11) is 1.61. The minimum atomic E-state index is -0.0436. The van der Waals surface area contributed by atoms with Gasteiger partial charge in [0.1, 0.15) is 5.75 Å². The average Bonchev–Trinajstić information content (AvgIpc) is 2.40. The topological polar surface area (TPSA) is 46.5 Å². The predicted octanol–water partition coefficient (Wildman–Crippen LogP) is 3.53. The van der Waals surface area contributed by atoms with Crippen molar-refractivity contribution >= 4 is 17.4 Å². The van der Waals surface area contributed by atoms with Crippen LogP contribution in [0.2, 0.25) is 0 Å². The molecule has 0 aliphatic heterocycles. The molecule has 106 valence electrons. The van der Waals surface area contributed by atoms with Crippen LogP contribution in [0.5, 0.6) is 5.75 Å². The molecule has 0 aliphatic rings. The molecule has 19 heavy (non-hydrogen) atoms. The Morgan fingerprint density at radius 2 is 1.89 bits per heavy atom. The molecule has 0 saturated carbocycles. The predicted molar refractivity (Wildman–Crippen MR) is 77.3 cm³/mol. The maximum Gasteiger partial charge on any atom is 0.166 e. The number of phenols is 1. The van der Waals surface area contributed by atoms with Crippen LogP contribution in [-0.2, 0) is 17.8 Å². The van der Waals surface area contributed by atoms with Crippen LogP contribution in [-0.4, -0.2) is 23.9 Å². The maximum atomic E-state index is 12.0. The molecule has 4 heteroatoms. The lowest BCUT2D eigenvalue weighted by molar-refractivity contribution is 0.0984. The van der Waals surface area contributed by atoms with Crippen LogP contribution in [0.1, 0.15) is 46.0 Å². The van der Waals surface area contributed by atoms with Gasteiger partial charge in [0.05, 0.1) is 12.2 Å². The van der Waals surface area contributed by atoms with Crippen LogP contribution < -0.4 is 0 Å². The molecule has 0 amide bonds. The Morgan fingerprint density at radius 3 is 2.37 bits per heavy atom. The van der Waals surface area contributed by atoms with E-state index in [1.807, 2.05) is 13.8 Å². The fraction of sp³-hybridized carbons (Fsp3) is 0.533. The molecule has 1 N–H and O–H groups in total. The number of carbonyl (C=O) groups excluding carboxylic acids is 1. The molecule has 0 aromatic heterocycles. The Morgan fingerprint density at radius 1 is 1.26 bits per heavy atom. The number of alkyl halides is 1.